The Labute approximate surface area is 116 Å². The van der Waals surface area contributed by atoms with Gasteiger partial charge in [0.25, 0.3) is 0 Å². The molecule has 0 unspecified atom stereocenters. The molecule has 0 saturated heterocycles. The summed E-state index contributed by atoms with van der Waals surface area (Å²) >= 11 is 0. The minimum Gasteiger partial charge on any atom is -0.444 e. The highest BCUT2D eigenvalue weighted by Gasteiger charge is 2.19. The van der Waals surface area contributed by atoms with Crippen LogP contribution in [0, 0.1) is 0 Å². The predicted molar refractivity (Wildman–Crippen MR) is 70.2 cm³/mol. The topological polar surface area (TPSA) is 77.3 Å². The van der Waals surface area contributed by atoms with Crippen molar-refractivity contribution in [3.8, 4) is 0 Å². The molecular formula is C14H16N2O4. The minimum absolute atomic E-state index is 0.0936. The van der Waals surface area contributed by atoms with Crippen molar-refractivity contribution < 1.29 is 19.1 Å². The van der Waals surface area contributed by atoms with E-state index in [1.165, 1.54) is 0 Å². The number of benzene rings is 1. The summed E-state index contributed by atoms with van der Waals surface area (Å²) < 4.78 is 9.86. The van der Waals surface area contributed by atoms with Gasteiger partial charge in [-0.05, 0) is 31.2 Å². The van der Waals surface area contributed by atoms with Crippen molar-refractivity contribution in [3.05, 3.63) is 35.9 Å². The summed E-state index contributed by atoms with van der Waals surface area (Å²) in [4.78, 5) is 22.6. The predicted octanol–water partition coefficient (Wildman–Crippen LogP) is 3.85. The van der Waals surface area contributed by atoms with Gasteiger partial charge in [0.15, 0.2) is 0 Å². The third-order valence-corrected chi connectivity index (χ3v) is 2.99. The molecule has 2 rings (SSSR count). The maximum atomic E-state index is 11.3. The van der Waals surface area contributed by atoms with Gasteiger partial charge in [-0.25, -0.2) is 9.59 Å². The Morgan fingerprint density at radius 3 is 2.40 bits per heavy atom. The van der Waals surface area contributed by atoms with E-state index in [1.807, 2.05) is 30.3 Å². The molecule has 0 radical (unpaired) electrons. The lowest BCUT2D eigenvalue weighted by Gasteiger charge is -2.06. The van der Waals surface area contributed by atoms with Crippen molar-refractivity contribution in [1.29, 1.82) is 0 Å². The molecule has 1 aliphatic carbocycles. The standard InChI is InChI=1S/C14H16N2O4/c17-13(19-10-11-6-2-1-3-7-11)15-16-14(18)20-12-8-4-5-9-12/h1-3,6-7,12H,4-5,8-10H2. The van der Waals surface area contributed by atoms with E-state index >= 15 is 0 Å². The maximum absolute atomic E-state index is 11.3. The fraction of sp³-hybridized carbons (Fsp3) is 0.429. The molecule has 106 valence electrons. The monoisotopic (exact) mass is 276 g/mol. The van der Waals surface area contributed by atoms with Crippen LogP contribution < -0.4 is 0 Å². The van der Waals surface area contributed by atoms with Gasteiger partial charge in [0, 0.05) is 0 Å². The molecule has 1 fully saturated rings. The van der Waals surface area contributed by atoms with E-state index in [0.717, 1.165) is 31.2 Å². The third kappa shape index (κ3) is 4.79. The number of hydrogen-bond acceptors (Lipinski definition) is 4. The van der Waals surface area contributed by atoms with Gasteiger partial charge in [-0.3, -0.25) is 0 Å². The van der Waals surface area contributed by atoms with Gasteiger partial charge < -0.3 is 9.47 Å². The second-order valence-corrected chi connectivity index (χ2v) is 4.53. The molecule has 2 amide bonds. The van der Waals surface area contributed by atoms with E-state index in [2.05, 4.69) is 10.2 Å². The van der Waals surface area contributed by atoms with Crippen LogP contribution in [0.1, 0.15) is 31.2 Å². The zero-order chi connectivity index (χ0) is 14.2. The first-order valence-corrected chi connectivity index (χ1v) is 6.57. The number of nitrogens with zero attached hydrogens (tertiary/aromatic N) is 2. The second-order valence-electron chi connectivity index (χ2n) is 4.53. The summed E-state index contributed by atoms with van der Waals surface area (Å²) in [6.45, 7) is 0.0936. The average molecular weight is 276 g/mol. The van der Waals surface area contributed by atoms with Crippen LogP contribution in [0.4, 0.5) is 9.59 Å². The summed E-state index contributed by atoms with van der Waals surface area (Å²) in [5, 5.41) is 6.36. The zero-order valence-electron chi connectivity index (χ0n) is 11.0. The summed E-state index contributed by atoms with van der Waals surface area (Å²) in [6.07, 6.45) is 1.95. The first-order valence-electron chi connectivity index (χ1n) is 6.57. The number of hydrogen-bond donors (Lipinski definition) is 0. The molecule has 0 N–H and O–H groups in total. The van der Waals surface area contributed by atoms with Gasteiger partial charge >= 0.3 is 12.2 Å². The molecule has 0 atom stereocenters. The molecule has 0 spiro atoms. The van der Waals surface area contributed by atoms with Crippen LogP contribution in [-0.4, -0.2) is 18.3 Å². The quantitative estimate of drug-likeness (QED) is 0.785. The lowest BCUT2D eigenvalue weighted by Crippen LogP contribution is -2.11. The van der Waals surface area contributed by atoms with Crippen LogP contribution in [0.3, 0.4) is 0 Å². The SMILES string of the molecule is O=C(N=NC(=O)OC1CCCC1)OCc1ccccc1. The van der Waals surface area contributed by atoms with Gasteiger partial charge in [-0.2, -0.15) is 0 Å². The second kappa shape index (κ2) is 7.37. The number of carbonyl (C=O) groups excluding carboxylic acids is 2. The van der Waals surface area contributed by atoms with E-state index in [0.29, 0.717) is 0 Å². The molecule has 0 bridgehead atoms. The molecular weight excluding hydrogens is 260 g/mol. The van der Waals surface area contributed by atoms with Crippen LogP contribution in [0.25, 0.3) is 0 Å². The molecule has 20 heavy (non-hydrogen) atoms. The summed E-state index contributed by atoms with van der Waals surface area (Å²) in [5.41, 5.74) is 0.838. The lowest BCUT2D eigenvalue weighted by atomic mass is 10.2. The fourth-order valence-corrected chi connectivity index (χ4v) is 2.00. The van der Waals surface area contributed by atoms with E-state index < -0.39 is 12.2 Å². The van der Waals surface area contributed by atoms with Crippen LogP contribution in [0.15, 0.2) is 40.6 Å². The van der Waals surface area contributed by atoms with E-state index in [4.69, 9.17) is 9.47 Å². The maximum Gasteiger partial charge on any atom is 0.452 e. The summed E-state index contributed by atoms with van der Waals surface area (Å²) in [6, 6.07) is 9.18. The highest BCUT2D eigenvalue weighted by Crippen LogP contribution is 2.21. The fourth-order valence-electron chi connectivity index (χ4n) is 2.00. The Balaban J connectivity index is 1.70. The lowest BCUT2D eigenvalue weighted by molar-refractivity contribution is 0.107. The van der Waals surface area contributed by atoms with E-state index in [9.17, 15) is 9.59 Å². The molecule has 1 aliphatic rings. The largest absolute Gasteiger partial charge is 0.452 e. The average Bonchev–Trinajstić information content (AvgIpc) is 2.97. The number of carbonyl (C=O) groups is 2. The van der Waals surface area contributed by atoms with Gasteiger partial charge in [0.05, 0.1) is 0 Å². The third-order valence-electron chi connectivity index (χ3n) is 2.99. The first kappa shape index (κ1) is 14.2. The van der Waals surface area contributed by atoms with Crippen LogP contribution in [-0.2, 0) is 16.1 Å². The molecule has 1 aromatic rings. The van der Waals surface area contributed by atoms with Crippen molar-refractivity contribution >= 4 is 12.2 Å². The molecule has 1 aromatic carbocycles. The Morgan fingerprint density at radius 1 is 1.05 bits per heavy atom. The smallest absolute Gasteiger partial charge is 0.444 e. The highest BCUT2D eigenvalue weighted by molar-refractivity contribution is 5.73. The first-order chi connectivity index (χ1) is 9.74. The van der Waals surface area contributed by atoms with E-state index in [1.54, 1.807) is 0 Å². The normalized spacial score (nSPS) is 15.4. The Hall–Kier alpha value is -2.24. The van der Waals surface area contributed by atoms with Crippen molar-refractivity contribution in [2.45, 2.75) is 38.4 Å². The minimum atomic E-state index is -0.905. The molecule has 0 heterocycles. The number of ether oxygens (including phenoxy) is 2. The molecule has 0 aliphatic heterocycles. The number of azo groups is 1. The molecule has 6 nitrogen and oxygen atoms in total. The molecule has 1 saturated carbocycles. The van der Waals surface area contributed by atoms with Gasteiger partial charge in [-0.15, -0.1) is 0 Å². The summed E-state index contributed by atoms with van der Waals surface area (Å²) in [5.74, 6) is 0. The Morgan fingerprint density at radius 2 is 1.70 bits per heavy atom. The molecule has 0 aromatic heterocycles. The highest BCUT2D eigenvalue weighted by atomic mass is 16.6. The number of rotatable bonds is 3. The van der Waals surface area contributed by atoms with Crippen molar-refractivity contribution in [1.82, 2.24) is 0 Å². The van der Waals surface area contributed by atoms with Crippen LogP contribution >= 0.6 is 0 Å². The van der Waals surface area contributed by atoms with Gasteiger partial charge in [0.2, 0.25) is 0 Å². The number of amides is 2. The van der Waals surface area contributed by atoms with Crippen molar-refractivity contribution in [3.63, 3.8) is 0 Å². The Bertz CT molecular complexity index is 481. The van der Waals surface area contributed by atoms with Gasteiger partial charge in [0.1, 0.15) is 12.7 Å². The van der Waals surface area contributed by atoms with Crippen LogP contribution in [0.5, 0.6) is 0 Å². The van der Waals surface area contributed by atoms with Crippen LogP contribution in [0.2, 0.25) is 0 Å². The zero-order valence-corrected chi connectivity index (χ0v) is 11.0. The van der Waals surface area contributed by atoms with Crippen molar-refractivity contribution in [2.75, 3.05) is 0 Å². The van der Waals surface area contributed by atoms with E-state index in [-0.39, 0.29) is 12.7 Å². The Kier molecular flexibility index (Phi) is 5.23. The van der Waals surface area contributed by atoms with Gasteiger partial charge in [-0.1, -0.05) is 40.6 Å². The molecule has 6 heteroatoms. The van der Waals surface area contributed by atoms with Crippen molar-refractivity contribution in [2.24, 2.45) is 10.2 Å². The summed E-state index contributed by atoms with van der Waals surface area (Å²) in [7, 11) is 0.